The zero-order valence-corrected chi connectivity index (χ0v) is 10.7. The molecule has 5 nitrogen and oxygen atoms in total. The zero-order valence-electron chi connectivity index (χ0n) is 9.92. The summed E-state index contributed by atoms with van der Waals surface area (Å²) in [6, 6.07) is 3.58. The Bertz CT molecular complexity index is 511. The molecule has 2 aromatic heterocycles. The minimum atomic E-state index is 0.364. The number of furan rings is 1. The Morgan fingerprint density at radius 2 is 2.18 bits per heavy atom. The van der Waals surface area contributed by atoms with Crippen molar-refractivity contribution in [1.82, 2.24) is 14.7 Å². The fourth-order valence-electron chi connectivity index (χ4n) is 1.51. The van der Waals surface area contributed by atoms with Gasteiger partial charge in [-0.25, -0.2) is 4.68 Å². The van der Waals surface area contributed by atoms with E-state index >= 15 is 0 Å². The van der Waals surface area contributed by atoms with E-state index in [-0.39, 0.29) is 0 Å². The fourth-order valence-corrected chi connectivity index (χ4v) is 1.69. The van der Waals surface area contributed by atoms with Crippen LogP contribution in [0.3, 0.4) is 0 Å². The lowest BCUT2D eigenvalue weighted by molar-refractivity contribution is 0.224. The molecule has 0 bridgehead atoms. The molecule has 0 atom stereocenters. The molecule has 2 aromatic rings. The summed E-state index contributed by atoms with van der Waals surface area (Å²) >= 11 is 5.13. The van der Waals surface area contributed by atoms with Crippen molar-refractivity contribution in [3.05, 3.63) is 23.2 Å². The second-order valence-electron chi connectivity index (χ2n) is 3.59. The van der Waals surface area contributed by atoms with E-state index in [1.165, 1.54) is 0 Å². The molecule has 0 amide bonds. The second-order valence-corrected chi connectivity index (χ2v) is 3.94. The maximum absolute atomic E-state index is 5.40. The summed E-state index contributed by atoms with van der Waals surface area (Å²) in [5, 5.41) is 4.30. The molecule has 92 valence electrons. The van der Waals surface area contributed by atoms with Gasteiger partial charge in [0.05, 0.1) is 12.9 Å². The van der Waals surface area contributed by atoms with Crippen molar-refractivity contribution in [1.29, 1.82) is 0 Å². The molecule has 0 aliphatic carbocycles. The zero-order chi connectivity index (χ0) is 12.3. The van der Waals surface area contributed by atoms with Crippen LogP contribution in [-0.2, 0) is 6.67 Å². The van der Waals surface area contributed by atoms with Crippen LogP contribution in [0.5, 0.6) is 0 Å². The van der Waals surface area contributed by atoms with Crippen molar-refractivity contribution < 1.29 is 8.83 Å². The third-order valence-corrected chi connectivity index (χ3v) is 2.86. The maximum atomic E-state index is 5.40. The van der Waals surface area contributed by atoms with Gasteiger partial charge in [-0.1, -0.05) is 13.8 Å². The third kappa shape index (κ3) is 2.65. The van der Waals surface area contributed by atoms with Crippen LogP contribution < -0.4 is 0 Å². The highest BCUT2D eigenvalue weighted by molar-refractivity contribution is 7.71. The van der Waals surface area contributed by atoms with Gasteiger partial charge in [-0.15, -0.1) is 5.10 Å². The lowest BCUT2D eigenvalue weighted by Crippen LogP contribution is -2.26. The smallest absolute Gasteiger partial charge is 0.288 e. The summed E-state index contributed by atoms with van der Waals surface area (Å²) in [4.78, 5) is 2.56. The Hall–Kier alpha value is -1.40. The van der Waals surface area contributed by atoms with Crippen LogP contribution in [0.2, 0.25) is 0 Å². The minimum Gasteiger partial charge on any atom is -0.459 e. The van der Waals surface area contributed by atoms with Gasteiger partial charge in [0, 0.05) is 0 Å². The van der Waals surface area contributed by atoms with Crippen molar-refractivity contribution >= 4 is 12.2 Å². The lowest BCUT2D eigenvalue weighted by atomic mass is 10.5. The molecule has 17 heavy (non-hydrogen) atoms. The molecule has 2 rings (SSSR count). The quantitative estimate of drug-likeness (QED) is 0.767. The van der Waals surface area contributed by atoms with E-state index in [0.717, 1.165) is 13.1 Å². The van der Waals surface area contributed by atoms with Gasteiger partial charge in [0.25, 0.3) is 10.7 Å². The van der Waals surface area contributed by atoms with Crippen molar-refractivity contribution in [3.63, 3.8) is 0 Å². The van der Waals surface area contributed by atoms with E-state index in [0.29, 0.717) is 23.2 Å². The summed E-state index contributed by atoms with van der Waals surface area (Å²) in [6.07, 6.45) is 1.58. The standard InChI is InChI=1S/C11H15N3O2S/c1-3-13(4-2)8-14-11(17)16-10(12-14)9-6-5-7-15-9/h5-7H,3-4,8H2,1-2H3. The second kappa shape index (κ2) is 5.29. The summed E-state index contributed by atoms with van der Waals surface area (Å²) in [6.45, 7) is 6.72. The molecule has 0 unspecified atom stereocenters. The Labute approximate surface area is 105 Å². The molecule has 0 N–H and O–H groups in total. The van der Waals surface area contributed by atoms with Crippen LogP contribution in [0.1, 0.15) is 13.8 Å². The number of hydrogen-bond acceptors (Lipinski definition) is 5. The highest BCUT2D eigenvalue weighted by Gasteiger charge is 2.11. The van der Waals surface area contributed by atoms with E-state index < -0.39 is 0 Å². The van der Waals surface area contributed by atoms with Crippen molar-refractivity contribution in [2.45, 2.75) is 20.5 Å². The molecule has 0 saturated carbocycles. The van der Waals surface area contributed by atoms with Crippen LogP contribution in [0, 0.1) is 4.84 Å². The molecule has 0 aliphatic rings. The molecular formula is C11H15N3O2S. The number of nitrogens with zero attached hydrogens (tertiary/aromatic N) is 3. The normalized spacial score (nSPS) is 11.2. The van der Waals surface area contributed by atoms with Gasteiger partial charge in [-0.2, -0.15) is 0 Å². The van der Waals surface area contributed by atoms with Crippen molar-refractivity contribution in [2.24, 2.45) is 0 Å². The SMILES string of the molecule is CCN(CC)Cn1nc(-c2ccco2)oc1=S. The third-order valence-electron chi connectivity index (χ3n) is 2.57. The van der Waals surface area contributed by atoms with E-state index in [2.05, 4.69) is 23.8 Å². The Balaban J connectivity index is 2.22. The first-order valence-corrected chi connectivity index (χ1v) is 5.99. The van der Waals surface area contributed by atoms with Crippen molar-refractivity contribution in [3.8, 4) is 11.7 Å². The Morgan fingerprint density at radius 1 is 1.41 bits per heavy atom. The predicted octanol–water partition coefficient (Wildman–Crippen LogP) is 2.76. The summed E-state index contributed by atoms with van der Waals surface area (Å²) in [5.41, 5.74) is 0. The topological polar surface area (TPSA) is 47.3 Å². The summed E-state index contributed by atoms with van der Waals surface area (Å²) in [7, 11) is 0. The van der Waals surface area contributed by atoms with E-state index in [4.69, 9.17) is 21.1 Å². The van der Waals surface area contributed by atoms with Crippen LogP contribution >= 0.6 is 12.2 Å². The Morgan fingerprint density at radius 3 is 2.76 bits per heavy atom. The molecule has 0 fully saturated rings. The fraction of sp³-hybridized carbons (Fsp3) is 0.455. The van der Waals surface area contributed by atoms with Gasteiger partial charge in [-0.3, -0.25) is 4.90 Å². The number of rotatable bonds is 5. The highest BCUT2D eigenvalue weighted by atomic mass is 32.1. The Kier molecular flexibility index (Phi) is 3.75. The predicted molar refractivity (Wildman–Crippen MR) is 66.0 cm³/mol. The van der Waals surface area contributed by atoms with Crippen LogP contribution in [-0.4, -0.2) is 27.8 Å². The van der Waals surface area contributed by atoms with Gasteiger partial charge in [-0.05, 0) is 37.4 Å². The largest absolute Gasteiger partial charge is 0.459 e. The van der Waals surface area contributed by atoms with Gasteiger partial charge in [0.2, 0.25) is 0 Å². The lowest BCUT2D eigenvalue weighted by Gasteiger charge is -2.16. The average Bonchev–Trinajstić information content (AvgIpc) is 2.95. The number of hydrogen-bond donors (Lipinski definition) is 0. The van der Waals surface area contributed by atoms with Gasteiger partial charge >= 0.3 is 0 Å². The van der Waals surface area contributed by atoms with E-state index in [1.807, 2.05) is 0 Å². The molecule has 0 spiro atoms. The monoisotopic (exact) mass is 253 g/mol. The summed E-state index contributed by atoms with van der Waals surface area (Å²) in [5.74, 6) is 1.02. The minimum absolute atomic E-state index is 0.364. The average molecular weight is 253 g/mol. The highest BCUT2D eigenvalue weighted by Crippen LogP contribution is 2.17. The van der Waals surface area contributed by atoms with Crippen LogP contribution in [0.4, 0.5) is 0 Å². The molecule has 0 aromatic carbocycles. The van der Waals surface area contributed by atoms with Crippen molar-refractivity contribution in [2.75, 3.05) is 13.1 Å². The van der Waals surface area contributed by atoms with E-state index in [1.54, 1.807) is 23.1 Å². The molecule has 0 radical (unpaired) electrons. The van der Waals surface area contributed by atoms with Crippen LogP contribution in [0.15, 0.2) is 27.2 Å². The first kappa shape index (κ1) is 12.1. The van der Waals surface area contributed by atoms with Gasteiger partial charge in [0.1, 0.15) is 0 Å². The van der Waals surface area contributed by atoms with Gasteiger partial charge < -0.3 is 8.83 Å². The molecule has 0 aliphatic heterocycles. The molecule has 2 heterocycles. The number of aromatic nitrogens is 2. The van der Waals surface area contributed by atoms with E-state index in [9.17, 15) is 0 Å². The first-order valence-electron chi connectivity index (χ1n) is 5.58. The molecule has 0 saturated heterocycles. The van der Waals surface area contributed by atoms with Gasteiger partial charge in [0.15, 0.2) is 5.76 Å². The first-order chi connectivity index (χ1) is 8.24. The molecular weight excluding hydrogens is 238 g/mol. The molecule has 6 heteroatoms. The maximum Gasteiger partial charge on any atom is 0.288 e. The summed E-state index contributed by atoms with van der Waals surface area (Å²) < 4.78 is 12.3. The van der Waals surface area contributed by atoms with Crippen LogP contribution in [0.25, 0.3) is 11.7 Å².